The first kappa shape index (κ1) is 22.2. The number of hydrogen-bond donors (Lipinski definition) is 0. The molecular weight excluding hydrogens is 420 g/mol. The number of methoxy groups -OCH3 is 1. The molecule has 0 amide bonds. The number of allylic oxidation sites excluding steroid dienone is 1. The average Bonchev–Trinajstić information content (AvgIpc) is 3.18. The summed E-state index contributed by atoms with van der Waals surface area (Å²) < 4.78 is 12.3. The number of nitro groups is 2. The second kappa shape index (κ2) is 9.51. The van der Waals surface area contributed by atoms with E-state index >= 15 is 0 Å². The van der Waals surface area contributed by atoms with Gasteiger partial charge >= 0.3 is 5.69 Å². The summed E-state index contributed by atoms with van der Waals surface area (Å²) in [6.07, 6.45) is 3.85. The Balaban J connectivity index is 1.71. The topological polar surface area (TPSA) is 140 Å². The fraction of sp³-hybridized carbons (Fsp3) is 0.143. The highest BCUT2D eigenvalue weighted by Gasteiger charge is 2.23. The van der Waals surface area contributed by atoms with Crippen LogP contribution in [0.25, 0.3) is 6.08 Å². The van der Waals surface area contributed by atoms with Crippen molar-refractivity contribution < 1.29 is 24.1 Å². The second-order valence-corrected chi connectivity index (χ2v) is 6.61. The van der Waals surface area contributed by atoms with Crippen molar-refractivity contribution in [1.29, 1.82) is 0 Å². The van der Waals surface area contributed by atoms with Crippen LogP contribution in [0.3, 0.4) is 0 Å². The van der Waals surface area contributed by atoms with Crippen molar-refractivity contribution in [2.75, 3.05) is 7.11 Å². The number of carbonyl (C=O) groups is 1. The number of carbonyl (C=O) groups excluding carboxylic acids is 1. The van der Waals surface area contributed by atoms with Gasteiger partial charge < -0.3 is 9.47 Å². The number of benzene rings is 2. The lowest BCUT2D eigenvalue weighted by Crippen LogP contribution is -2.01. The molecule has 164 valence electrons. The zero-order chi connectivity index (χ0) is 23.3. The summed E-state index contributed by atoms with van der Waals surface area (Å²) in [5.41, 5.74) is 0.729. The SMILES string of the molecule is COc1cc(/C=C/C(=O)c2nn(C)cc2[N+](=O)[O-])ccc1OCc1ccc([N+](=O)[O-])cc1. The van der Waals surface area contributed by atoms with Crippen LogP contribution in [0.15, 0.2) is 54.7 Å². The average molecular weight is 438 g/mol. The van der Waals surface area contributed by atoms with Gasteiger partial charge in [-0.3, -0.25) is 29.7 Å². The third-order valence-electron chi connectivity index (χ3n) is 4.40. The van der Waals surface area contributed by atoms with Crippen molar-refractivity contribution in [2.24, 2.45) is 7.05 Å². The molecule has 1 aromatic heterocycles. The minimum absolute atomic E-state index is 0.00643. The summed E-state index contributed by atoms with van der Waals surface area (Å²) in [5, 5.41) is 25.6. The van der Waals surface area contributed by atoms with E-state index in [0.29, 0.717) is 17.1 Å². The van der Waals surface area contributed by atoms with Gasteiger partial charge in [-0.05, 0) is 41.5 Å². The molecule has 0 bridgehead atoms. The van der Waals surface area contributed by atoms with Crippen LogP contribution in [0.1, 0.15) is 21.6 Å². The first-order chi connectivity index (χ1) is 15.3. The van der Waals surface area contributed by atoms with E-state index < -0.39 is 15.6 Å². The predicted octanol–water partition coefficient (Wildman–Crippen LogP) is 3.72. The van der Waals surface area contributed by atoms with Crippen molar-refractivity contribution in [2.45, 2.75) is 6.61 Å². The van der Waals surface area contributed by atoms with E-state index in [1.165, 1.54) is 49.3 Å². The molecule has 0 atom stereocenters. The maximum absolute atomic E-state index is 12.3. The van der Waals surface area contributed by atoms with Crippen LogP contribution >= 0.6 is 0 Å². The molecule has 3 aromatic rings. The van der Waals surface area contributed by atoms with Gasteiger partial charge in [0, 0.05) is 19.2 Å². The van der Waals surface area contributed by atoms with E-state index in [2.05, 4.69) is 5.10 Å². The van der Waals surface area contributed by atoms with Gasteiger partial charge in [-0.2, -0.15) is 5.10 Å². The molecule has 0 saturated carbocycles. The molecule has 0 saturated heterocycles. The molecule has 0 aliphatic rings. The lowest BCUT2D eigenvalue weighted by molar-refractivity contribution is -0.385. The number of ether oxygens (including phenoxy) is 2. The number of hydrogen-bond acceptors (Lipinski definition) is 8. The molecular formula is C21H18N4O7. The molecule has 32 heavy (non-hydrogen) atoms. The third-order valence-corrected chi connectivity index (χ3v) is 4.40. The quantitative estimate of drug-likeness (QED) is 0.213. The zero-order valence-electron chi connectivity index (χ0n) is 17.1. The largest absolute Gasteiger partial charge is 0.493 e. The highest BCUT2D eigenvalue weighted by Crippen LogP contribution is 2.29. The van der Waals surface area contributed by atoms with Gasteiger partial charge in [0.2, 0.25) is 11.5 Å². The fourth-order valence-electron chi connectivity index (χ4n) is 2.82. The normalized spacial score (nSPS) is 10.8. The van der Waals surface area contributed by atoms with Gasteiger partial charge in [0.1, 0.15) is 12.8 Å². The molecule has 3 rings (SSSR count). The fourth-order valence-corrected chi connectivity index (χ4v) is 2.82. The number of aromatic nitrogens is 2. The molecule has 0 N–H and O–H groups in total. The number of ketones is 1. The Morgan fingerprint density at radius 2 is 1.81 bits per heavy atom. The van der Waals surface area contributed by atoms with Gasteiger partial charge in [-0.15, -0.1) is 0 Å². The summed E-state index contributed by atoms with van der Waals surface area (Å²) in [7, 11) is 2.96. The van der Waals surface area contributed by atoms with E-state index in [0.717, 1.165) is 5.56 Å². The van der Waals surface area contributed by atoms with Gasteiger partial charge in [0.05, 0.1) is 17.0 Å². The van der Waals surface area contributed by atoms with Crippen molar-refractivity contribution in [3.8, 4) is 11.5 Å². The first-order valence-electron chi connectivity index (χ1n) is 9.23. The summed E-state index contributed by atoms with van der Waals surface area (Å²) in [5.74, 6) is 0.245. The molecule has 11 nitrogen and oxygen atoms in total. The number of non-ortho nitro benzene ring substituents is 1. The first-order valence-corrected chi connectivity index (χ1v) is 9.23. The lowest BCUT2D eigenvalue weighted by Gasteiger charge is -2.11. The van der Waals surface area contributed by atoms with Crippen LogP contribution in [0, 0.1) is 20.2 Å². The number of nitro benzene ring substituents is 1. The summed E-state index contributed by atoms with van der Waals surface area (Å²) in [6, 6.07) is 11.0. The summed E-state index contributed by atoms with van der Waals surface area (Å²) in [6.45, 7) is 0.172. The molecule has 0 radical (unpaired) electrons. The Bertz CT molecular complexity index is 1200. The van der Waals surface area contributed by atoms with Crippen LogP contribution in [0.2, 0.25) is 0 Å². The smallest absolute Gasteiger partial charge is 0.318 e. The van der Waals surface area contributed by atoms with E-state index in [1.54, 1.807) is 30.3 Å². The molecule has 0 spiro atoms. The van der Waals surface area contributed by atoms with Crippen LogP contribution < -0.4 is 9.47 Å². The maximum Gasteiger partial charge on any atom is 0.318 e. The third kappa shape index (κ3) is 5.14. The summed E-state index contributed by atoms with van der Waals surface area (Å²) in [4.78, 5) is 33.0. The number of rotatable bonds is 9. The Labute approximate surface area is 181 Å². The van der Waals surface area contributed by atoms with Crippen LogP contribution in [-0.2, 0) is 13.7 Å². The van der Waals surface area contributed by atoms with Crippen LogP contribution in [-0.4, -0.2) is 32.5 Å². The van der Waals surface area contributed by atoms with E-state index in [-0.39, 0.29) is 23.7 Å². The van der Waals surface area contributed by atoms with E-state index in [9.17, 15) is 25.0 Å². The molecule has 0 fully saturated rings. The summed E-state index contributed by atoms with van der Waals surface area (Å²) >= 11 is 0. The van der Waals surface area contributed by atoms with Crippen molar-refractivity contribution in [3.63, 3.8) is 0 Å². The van der Waals surface area contributed by atoms with Crippen molar-refractivity contribution in [3.05, 3.63) is 91.8 Å². The lowest BCUT2D eigenvalue weighted by atomic mass is 10.1. The standard InChI is InChI=1S/C21H18N4O7/c1-23-12-17(25(29)30)21(22-23)18(26)9-5-14-6-10-19(20(11-14)31-2)32-13-15-3-7-16(8-4-15)24(27)28/h3-12H,13H2,1-2H3/b9-5+. The van der Waals surface area contributed by atoms with Gasteiger partial charge in [0.25, 0.3) is 5.69 Å². The zero-order valence-corrected chi connectivity index (χ0v) is 17.1. The maximum atomic E-state index is 12.3. The molecule has 11 heteroatoms. The number of nitrogens with zero attached hydrogens (tertiary/aromatic N) is 4. The Hall–Kier alpha value is -4.54. The molecule has 2 aromatic carbocycles. The van der Waals surface area contributed by atoms with Gasteiger partial charge in [-0.1, -0.05) is 12.1 Å². The monoisotopic (exact) mass is 438 g/mol. The van der Waals surface area contributed by atoms with E-state index in [4.69, 9.17) is 9.47 Å². The number of aryl methyl sites for hydroxylation is 1. The van der Waals surface area contributed by atoms with Crippen LogP contribution in [0.5, 0.6) is 11.5 Å². The van der Waals surface area contributed by atoms with Crippen molar-refractivity contribution in [1.82, 2.24) is 9.78 Å². The molecule has 0 aliphatic carbocycles. The highest BCUT2D eigenvalue weighted by atomic mass is 16.6. The minimum atomic E-state index is -0.659. The predicted molar refractivity (Wildman–Crippen MR) is 114 cm³/mol. The van der Waals surface area contributed by atoms with Crippen molar-refractivity contribution >= 4 is 23.2 Å². The van der Waals surface area contributed by atoms with Crippen LogP contribution in [0.4, 0.5) is 11.4 Å². The van der Waals surface area contributed by atoms with E-state index in [1.807, 2.05) is 0 Å². The molecule has 1 heterocycles. The second-order valence-electron chi connectivity index (χ2n) is 6.61. The highest BCUT2D eigenvalue weighted by molar-refractivity contribution is 6.08. The Morgan fingerprint density at radius 3 is 2.44 bits per heavy atom. The Morgan fingerprint density at radius 1 is 1.09 bits per heavy atom. The van der Waals surface area contributed by atoms with Gasteiger partial charge in [0.15, 0.2) is 11.5 Å². The Kier molecular flexibility index (Phi) is 6.59. The molecule has 0 unspecified atom stereocenters. The molecule has 0 aliphatic heterocycles. The minimum Gasteiger partial charge on any atom is -0.493 e. The van der Waals surface area contributed by atoms with Gasteiger partial charge in [-0.25, -0.2) is 0 Å².